The van der Waals surface area contributed by atoms with Crippen LogP contribution in [0, 0.1) is 0 Å². The first-order valence-corrected chi connectivity index (χ1v) is 10.6. The second kappa shape index (κ2) is 8.71. The average Bonchev–Trinajstić information content (AvgIpc) is 2.72. The molecule has 0 unspecified atom stereocenters. The molecule has 4 aromatic rings. The fraction of sp³-hybridized carbons (Fsp3) is 0. The van der Waals surface area contributed by atoms with Crippen molar-refractivity contribution in [1.29, 1.82) is 0 Å². The lowest BCUT2D eigenvalue weighted by molar-refractivity contribution is 1.39. The maximum absolute atomic E-state index is 5.95. The molecular weight excluding hydrogens is 388 g/mol. The fourth-order valence-corrected chi connectivity index (χ4v) is 4.47. The molecule has 4 rings (SSSR count). The maximum atomic E-state index is 5.95. The number of hydrogen-bond acceptors (Lipinski definition) is 2. The van der Waals surface area contributed by atoms with Crippen LogP contribution in [0.15, 0.2) is 123 Å². The monoisotopic (exact) mass is 404 g/mol. The zero-order valence-electron chi connectivity index (χ0n) is 14.5. The van der Waals surface area contributed by atoms with Crippen molar-refractivity contribution in [3.8, 4) is 11.1 Å². The first-order chi connectivity index (χ1) is 13.3. The van der Waals surface area contributed by atoms with Crippen molar-refractivity contribution in [2.24, 2.45) is 0 Å². The van der Waals surface area contributed by atoms with Crippen LogP contribution in [0.3, 0.4) is 0 Å². The Morgan fingerprint density at radius 1 is 0.407 bits per heavy atom. The normalized spacial score (nSPS) is 10.7. The van der Waals surface area contributed by atoms with Crippen molar-refractivity contribution >= 4 is 35.1 Å². The maximum Gasteiger partial charge on any atom is 0.0406 e. The largest absolute Gasteiger partial charge is 0.0901 e. The molecule has 0 aliphatic heterocycles. The van der Waals surface area contributed by atoms with Crippen molar-refractivity contribution in [3.63, 3.8) is 0 Å². The molecule has 0 bridgehead atoms. The van der Waals surface area contributed by atoms with E-state index in [1.54, 1.807) is 23.5 Å². The summed E-state index contributed by atoms with van der Waals surface area (Å²) in [6.45, 7) is 0. The van der Waals surface area contributed by atoms with E-state index in [4.69, 9.17) is 11.6 Å². The van der Waals surface area contributed by atoms with Crippen molar-refractivity contribution < 1.29 is 0 Å². The van der Waals surface area contributed by atoms with Crippen LogP contribution in [0.5, 0.6) is 0 Å². The molecule has 0 fully saturated rings. The van der Waals surface area contributed by atoms with Gasteiger partial charge in [0.2, 0.25) is 0 Å². The highest BCUT2D eigenvalue weighted by Crippen LogP contribution is 2.32. The molecule has 3 heteroatoms. The third-order valence-electron chi connectivity index (χ3n) is 4.07. The average molecular weight is 405 g/mol. The van der Waals surface area contributed by atoms with Gasteiger partial charge in [-0.2, -0.15) is 0 Å². The molecule has 0 atom stereocenters. The fourth-order valence-electron chi connectivity index (χ4n) is 2.69. The predicted molar refractivity (Wildman–Crippen MR) is 118 cm³/mol. The smallest absolute Gasteiger partial charge is 0.0406 e. The van der Waals surface area contributed by atoms with Gasteiger partial charge in [0, 0.05) is 24.6 Å². The lowest BCUT2D eigenvalue weighted by atomic mass is 10.1. The van der Waals surface area contributed by atoms with E-state index < -0.39 is 0 Å². The van der Waals surface area contributed by atoms with Crippen LogP contribution in [-0.4, -0.2) is 0 Å². The zero-order valence-corrected chi connectivity index (χ0v) is 16.9. The van der Waals surface area contributed by atoms with E-state index in [0.717, 1.165) is 5.02 Å². The number of hydrogen-bond donors (Lipinski definition) is 0. The topological polar surface area (TPSA) is 0 Å². The summed E-state index contributed by atoms with van der Waals surface area (Å²) in [4.78, 5) is 4.92. The highest BCUT2D eigenvalue weighted by atomic mass is 35.5. The Morgan fingerprint density at radius 2 is 0.778 bits per heavy atom. The molecule has 0 saturated carbocycles. The van der Waals surface area contributed by atoms with E-state index in [9.17, 15) is 0 Å². The molecule has 0 spiro atoms. The van der Waals surface area contributed by atoms with Gasteiger partial charge in [0.15, 0.2) is 0 Å². The zero-order chi connectivity index (χ0) is 18.5. The lowest BCUT2D eigenvalue weighted by Crippen LogP contribution is -1.80. The SMILES string of the molecule is Clc1ccc(Sc2ccc(-c3ccc(Sc4ccccc4)cc3)cc2)cc1. The van der Waals surface area contributed by atoms with Crippen LogP contribution in [0.25, 0.3) is 11.1 Å². The molecule has 132 valence electrons. The summed E-state index contributed by atoms with van der Waals surface area (Å²) in [6, 6.07) is 35.8. The van der Waals surface area contributed by atoms with Crippen molar-refractivity contribution in [3.05, 3.63) is 108 Å². The van der Waals surface area contributed by atoms with Crippen molar-refractivity contribution in [1.82, 2.24) is 0 Å². The predicted octanol–water partition coefficient (Wildman–Crippen LogP) is 8.31. The minimum atomic E-state index is 0.767. The van der Waals surface area contributed by atoms with Gasteiger partial charge in [0.05, 0.1) is 0 Å². The van der Waals surface area contributed by atoms with Crippen LogP contribution in [0.1, 0.15) is 0 Å². The van der Waals surface area contributed by atoms with Gasteiger partial charge in [-0.15, -0.1) is 0 Å². The van der Waals surface area contributed by atoms with E-state index in [-0.39, 0.29) is 0 Å². The number of benzene rings is 4. The first-order valence-electron chi connectivity index (χ1n) is 8.63. The highest BCUT2D eigenvalue weighted by molar-refractivity contribution is 7.99. The summed E-state index contributed by atoms with van der Waals surface area (Å²) in [5.74, 6) is 0. The Morgan fingerprint density at radius 3 is 1.22 bits per heavy atom. The Labute approximate surface area is 173 Å². The van der Waals surface area contributed by atoms with Crippen LogP contribution in [-0.2, 0) is 0 Å². The molecule has 0 radical (unpaired) electrons. The molecule has 0 saturated heterocycles. The molecule has 0 heterocycles. The molecule has 0 nitrogen and oxygen atoms in total. The Balaban J connectivity index is 1.44. The van der Waals surface area contributed by atoms with Crippen LogP contribution >= 0.6 is 35.1 Å². The van der Waals surface area contributed by atoms with Gasteiger partial charge < -0.3 is 0 Å². The molecular formula is C24H17ClS2. The minimum Gasteiger partial charge on any atom is -0.0901 e. The van der Waals surface area contributed by atoms with Gasteiger partial charge in [-0.1, -0.05) is 77.6 Å². The van der Waals surface area contributed by atoms with E-state index in [0.29, 0.717) is 0 Å². The van der Waals surface area contributed by atoms with Crippen molar-refractivity contribution in [2.45, 2.75) is 19.6 Å². The summed E-state index contributed by atoms with van der Waals surface area (Å²) in [5, 5.41) is 0.767. The van der Waals surface area contributed by atoms with Gasteiger partial charge >= 0.3 is 0 Å². The van der Waals surface area contributed by atoms with Gasteiger partial charge in [0.25, 0.3) is 0 Å². The Hall–Kier alpha value is -2.13. The molecule has 0 amide bonds. The number of rotatable bonds is 5. The second-order valence-electron chi connectivity index (χ2n) is 6.02. The third kappa shape index (κ3) is 4.98. The summed E-state index contributed by atoms with van der Waals surface area (Å²) in [5.41, 5.74) is 2.46. The minimum absolute atomic E-state index is 0.767. The second-order valence-corrected chi connectivity index (χ2v) is 8.75. The molecule has 0 aromatic heterocycles. The number of halogens is 1. The van der Waals surface area contributed by atoms with Crippen molar-refractivity contribution in [2.75, 3.05) is 0 Å². The van der Waals surface area contributed by atoms with Gasteiger partial charge in [-0.05, 0) is 71.8 Å². The summed E-state index contributed by atoms with van der Waals surface area (Å²) in [7, 11) is 0. The lowest BCUT2D eigenvalue weighted by Gasteiger charge is -2.06. The van der Waals surface area contributed by atoms with E-state index in [2.05, 4.69) is 72.8 Å². The van der Waals surface area contributed by atoms with Gasteiger partial charge in [-0.25, -0.2) is 0 Å². The molecule has 0 N–H and O–H groups in total. The van der Waals surface area contributed by atoms with Gasteiger partial charge in [0.1, 0.15) is 0 Å². The van der Waals surface area contributed by atoms with E-state index >= 15 is 0 Å². The summed E-state index contributed by atoms with van der Waals surface area (Å²) in [6.07, 6.45) is 0. The summed E-state index contributed by atoms with van der Waals surface area (Å²) < 4.78 is 0. The first kappa shape index (κ1) is 18.2. The molecule has 0 aliphatic carbocycles. The molecule has 27 heavy (non-hydrogen) atoms. The standard InChI is InChI=1S/C24H17ClS2/c25-20-10-16-24(17-11-20)27-23-14-8-19(9-15-23)18-6-12-22(13-7-18)26-21-4-2-1-3-5-21/h1-17H. The van der Waals surface area contributed by atoms with Crippen LogP contribution < -0.4 is 0 Å². The highest BCUT2D eigenvalue weighted by Gasteiger charge is 2.02. The van der Waals surface area contributed by atoms with E-state index in [1.165, 1.54) is 30.7 Å². The Kier molecular flexibility index (Phi) is 5.88. The quantitative estimate of drug-likeness (QED) is 0.328. The molecule has 0 aliphatic rings. The third-order valence-corrected chi connectivity index (χ3v) is 6.35. The van der Waals surface area contributed by atoms with Crippen LogP contribution in [0.4, 0.5) is 0 Å². The Bertz CT molecular complexity index is 993. The van der Waals surface area contributed by atoms with Gasteiger partial charge in [-0.3, -0.25) is 0 Å². The summed E-state index contributed by atoms with van der Waals surface area (Å²) >= 11 is 9.47. The van der Waals surface area contributed by atoms with E-state index in [1.807, 2.05) is 30.3 Å². The molecule has 4 aromatic carbocycles. The van der Waals surface area contributed by atoms with Crippen LogP contribution in [0.2, 0.25) is 5.02 Å².